The molecule has 2 rings (SSSR count). The number of hydrogen-bond donors (Lipinski definition) is 3. The molecule has 84 valence electrons. The van der Waals surface area contributed by atoms with E-state index in [1.807, 2.05) is 0 Å². The summed E-state index contributed by atoms with van der Waals surface area (Å²) >= 11 is 0. The van der Waals surface area contributed by atoms with Crippen LogP contribution in [0.3, 0.4) is 0 Å². The molecule has 0 aliphatic carbocycles. The first kappa shape index (κ1) is 10.4. The third kappa shape index (κ3) is 2.47. The van der Waals surface area contributed by atoms with Crippen LogP contribution in [-0.2, 0) is 9.59 Å². The van der Waals surface area contributed by atoms with Crippen molar-refractivity contribution in [1.29, 1.82) is 0 Å². The standard InChI is InChI=1S/C10H17N3O2/c14-9-8(4-2-6-12-9)13-10(15)7-3-1-5-11-7/h7-8,11H,1-6H2,(H,12,14)(H,13,15)/t7-,8?/m1/s1. The van der Waals surface area contributed by atoms with E-state index in [-0.39, 0.29) is 23.9 Å². The molecule has 3 N–H and O–H groups in total. The normalized spacial score (nSPS) is 31.1. The van der Waals surface area contributed by atoms with Gasteiger partial charge in [0.15, 0.2) is 0 Å². The Morgan fingerprint density at radius 2 is 2.07 bits per heavy atom. The van der Waals surface area contributed by atoms with Crippen LogP contribution in [0.5, 0.6) is 0 Å². The number of piperidine rings is 1. The van der Waals surface area contributed by atoms with Crippen molar-refractivity contribution in [3.8, 4) is 0 Å². The minimum atomic E-state index is -0.325. The zero-order valence-electron chi connectivity index (χ0n) is 8.71. The molecule has 15 heavy (non-hydrogen) atoms. The molecular weight excluding hydrogens is 194 g/mol. The van der Waals surface area contributed by atoms with Crippen molar-refractivity contribution in [1.82, 2.24) is 16.0 Å². The first-order valence-corrected chi connectivity index (χ1v) is 5.59. The second kappa shape index (κ2) is 4.61. The van der Waals surface area contributed by atoms with Crippen molar-refractivity contribution in [2.45, 2.75) is 37.8 Å². The largest absolute Gasteiger partial charge is 0.354 e. The summed E-state index contributed by atoms with van der Waals surface area (Å²) in [6.45, 7) is 1.63. The highest BCUT2D eigenvalue weighted by atomic mass is 16.2. The fraction of sp³-hybridized carbons (Fsp3) is 0.800. The SMILES string of the molecule is O=C1NCCCC1NC(=O)[C@H]1CCCN1. The van der Waals surface area contributed by atoms with E-state index in [1.54, 1.807) is 0 Å². The van der Waals surface area contributed by atoms with Crippen LogP contribution in [0.15, 0.2) is 0 Å². The van der Waals surface area contributed by atoms with Crippen molar-refractivity contribution in [3.63, 3.8) is 0 Å². The minimum Gasteiger partial charge on any atom is -0.354 e. The summed E-state index contributed by atoms with van der Waals surface area (Å²) in [5, 5.41) is 8.67. The van der Waals surface area contributed by atoms with Gasteiger partial charge in [-0.05, 0) is 32.2 Å². The Morgan fingerprint density at radius 1 is 1.27 bits per heavy atom. The van der Waals surface area contributed by atoms with Crippen LogP contribution in [-0.4, -0.2) is 37.0 Å². The topological polar surface area (TPSA) is 70.2 Å². The molecule has 0 aromatic heterocycles. The number of carbonyl (C=O) groups is 2. The summed E-state index contributed by atoms with van der Waals surface area (Å²) in [4.78, 5) is 23.1. The lowest BCUT2D eigenvalue weighted by molar-refractivity contribution is -0.130. The summed E-state index contributed by atoms with van der Waals surface area (Å²) < 4.78 is 0. The van der Waals surface area contributed by atoms with Gasteiger partial charge < -0.3 is 16.0 Å². The fourth-order valence-corrected chi connectivity index (χ4v) is 2.09. The zero-order chi connectivity index (χ0) is 10.7. The first-order chi connectivity index (χ1) is 7.27. The van der Waals surface area contributed by atoms with Crippen LogP contribution in [0.2, 0.25) is 0 Å². The monoisotopic (exact) mass is 211 g/mol. The van der Waals surface area contributed by atoms with Gasteiger partial charge in [-0.3, -0.25) is 9.59 Å². The van der Waals surface area contributed by atoms with Crippen LogP contribution < -0.4 is 16.0 Å². The lowest BCUT2D eigenvalue weighted by Crippen LogP contribution is -2.53. The van der Waals surface area contributed by atoms with Crippen molar-refractivity contribution in [2.24, 2.45) is 0 Å². The maximum atomic E-state index is 11.7. The molecule has 5 nitrogen and oxygen atoms in total. The predicted octanol–water partition coefficient (Wildman–Crippen LogP) is -0.867. The van der Waals surface area contributed by atoms with Gasteiger partial charge in [0.05, 0.1) is 6.04 Å². The molecule has 0 bridgehead atoms. The van der Waals surface area contributed by atoms with Crippen molar-refractivity contribution in [3.05, 3.63) is 0 Å². The van der Waals surface area contributed by atoms with Gasteiger partial charge in [-0.2, -0.15) is 0 Å². The summed E-state index contributed by atoms with van der Waals surface area (Å²) in [7, 11) is 0. The van der Waals surface area contributed by atoms with E-state index in [0.717, 1.165) is 38.8 Å². The molecule has 1 unspecified atom stereocenters. The average molecular weight is 211 g/mol. The molecule has 5 heteroatoms. The van der Waals surface area contributed by atoms with E-state index >= 15 is 0 Å². The second-order valence-corrected chi connectivity index (χ2v) is 4.14. The van der Waals surface area contributed by atoms with Gasteiger partial charge in [0, 0.05) is 6.54 Å². The van der Waals surface area contributed by atoms with Gasteiger partial charge in [-0.1, -0.05) is 0 Å². The highest BCUT2D eigenvalue weighted by Crippen LogP contribution is 2.07. The van der Waals surface area contributed by atoms with Crippen molar-refractivity contribution < 1.29 is 9.59 Å². The first-order valence-electron chi connectivity index (χ1n) is 5.59. The van der Waals surface area contributed by atoms with Crippen LogP contribution in [0, 0.1) is 0 Å². The van der Waals surface area contributed by atoms with Gasteiger partial charge in [0.25, 0.3) is 0 Å². The van der Waals surface area contributed by atoms with Gasteiger partial charge in [0.1, 0.15) is 6.04 Å². The number of hydrogen-bond acceptors (Lipinski definition) is 3. The average Bonchev–Trinajstić information content (AvgIpc) is 2.74. The van der Waals surface area contributed by atoms with Gasteiger partial charge in [0.2, 0.25) is 11.8 Å². The third-order valence-electron chi connectivity index (χ3n) is 2.98. The molecule has 2 fully saturated rings. The quantitative estimate of drug-likeness (QED) is 0.556. The number of carbonyl (C=O) groups excluding carboxylic acids is 2. The second-order valence-electron chi connectivity index (χ2n) is 4.14. The lowest BCUT2D eigenvalue weighted by atomic mass is 10.1. The van der Waals surface area contributed by atoms with Crippen molar-refractivity contribution >= 4 is 11.8 Å². The summed E-state index contributed by atoms with van der Waals surface area (Å²) in [5.74, 6) is -0.0813. The van der Waals surface area contributed by atoms with Gasteiger partial charge in [-0.25, -0.2) is 0 Å². The fourth-order valence-electron chi connectivity index (χ4n) is 2.09. The van der Waals surface area contributed by atoms with Gasteiger partial charge >= 0.3 is 0 Å². The van der Waals surface area contributed by atoms with E-state index in [1.165, 1.54) is 0 Å². The Balaban J connectivity index is 1.84. The summed E-state index contributed by atoms with van der Waals surface area (Å²) in [6, 6.07) is -0.423. The molecule has 0 saturated carbocycles. The molecular formula is C10H17N3O2. The maximum absolute atomic E-state index is 11.7. The predicted molar refractivity (Wildman–Crippen MR) is 55.2 cm³/mol. The molecule has 2 atom stereocenters. The van der Waals surface area contributed by atoms with E-state index in [4.69, 9.17) is 0 Å². The zero-order valence-corrected chi connectivity index (χ0v) is 8.71. The Morgan fingerprint density at radius 3 is 2.73 bits per heavy atom. The third-order valence-corrected chi connectivity index (χ3v) is 2.98. The molecule has 2 aliphatic heterocycles. The van der Waals surface area contributed by atoms with Crippen molar-refractivity contribution in [2.75, 3.05) is 13.1 Å². The van der Waals surface area contributed by atoms with E-state index in [2.05, 4.69) is 16.0 Å². The molecule has 2 saturated heterocycles. The van der Waals surface area contributed by atoms with E-state index in [0.29, 0.717) is 0 Å². The molecule has 2 aliphatic rings. The maximum Gasteiger partial charge on any atom is 0.242 e. The minimum absolute atomic E-state index is 0.0328. The highest BCUT2D eigenvalue weighted by Gasteiger charge is 2.28. The number of nitrogens with one attached hydrogen (secondary N) is 3. The Bertz CT molecular complexity index is 261. The van der Waals surface area contributed by atoms with Crippen LogP contribution in [0.4, 0.5) is 0 Å². The Kier molecular flexibility index (Phi) is 3.20. The molecule has 0 aromatic rings. The molecule has 2 amide bonds. The molecule has 0 aromatic carbocycles. The highest BCUT2D eigenvalue weighted by molar-refractivity contribution is 5.90. The van der Waals surface area contributed by atoms with Crippen LogP contribution in [0.1, 0.15) is 25.7 Å². The lowest BCUT2D eigenvalue weighted by Gasteiger charge is -2.24. The van der Waals surface area contributed by atoms with Crippen LogP contribution >= 0.6 is 0 Å². The molecule has 2 heterocycles. The smallest absolute Gasteiger partial charge is 0.242 e. The van der Waals surface area contributed by atoms with Gasteiger partial charge in [-0.15, -0.1) is 0 Å². The van der Waals surface area contributed by atoms with E-state index in [9.17, 15) is 9.59 Å². The Labute approximate surface area is 89.0 Å². The summed E-state index contributed by atoms with van der Waals surface area (Å²) in [6.07, 6.45) is 3.61. The Hall–Kier alpha value is -1.10. The number of amides is 2. The summed E-state index contributed by atoms with van der Waals surface area (Å²) in [5.41, 5.74) is 0. The van der Waals surface area contributed by atoms with Crippen LogP contribution in [0.25, 0.3) is 0 Å². The molecule has 0 radical (unpaired) electrons. The van der Waals surface area contributed by atoms with E-state index < -0.39 is 0 Å². The number of rotatable bonds is 2. The molecule has 0 spiro atoms.